The molecule has 10 heteroatoms. The van der Waals surface area contributed by atoms with Gasteiger partial charge in [0.15, 0.2) is 0 Å². The third kappa shape index (κ3) is 5.16. The molecule has 4 heterocycles. The van der Waals surface area contributed by atoms with Crippen LogP contribution in [0.1, 0.15) is 71.4 Å². The van der Waals surface area contributed by atoms with E-state index >= 15 is 0 Å². The molecule has 2 N–H and O–H groups in total. The van der Waals surface area contributed by atoms with Crippen molar-refractivity contribution in [3.63, 3.8) is 0 Å². The number of nitrogens with one attached hydrogen (secondary N) is 1. The number of aliphatic hydroxyl groups is 1. The number of aliphatic hydroxyl groups excluding tert-OH is 1. The molecular formula is C28H41N7O3. The van der Waals surface area contributed by atoms with Gasteiger partial charge >= 0.3 is 0 Å². The fraction of sp³-hybridized carbons (Fsp3) is 0.643. The van der Waals surface area contributed by atoms with E-state index in [0.717, 1.165) is 67.5 Å². The highest BCUT2D eigenvalue weighted by Crippen LogP contribution is 2.38. The minimum Gasteiger partial charge on any atom is -0.393 e. The van der Waals surface area contributed by atoms with Crippen molar-refractivity contribution >= 4 is 17.4 Å². The summed E-state index contributed by atoms with van der Waals surface area (Å²) >= 11 is 0. The number of rotatable bonds is 8. The largest absolute Gasteiger partial charge is 0.393 e. The van der Waals surface area contributed by atoms with Crippen LogP contribution in [0, 0.1) is 5.92 Å². The van der Waals surface area contributed by atoms with E-state index in [1.165, 1.54) is 0 Å². The first-order valence-corrected chi connectivity index (χ1v) is 13.8. The molecule has 1 saturated heterocycles. The highest BCUT2D eigenvalue weighted by Gasteiger charge is 2.37. The van der Waals surface area contributed by atoms with E-state index in [0.29, 0.717) is 24.4 Å². The summed E-state index contributed by atoms with van der Waals surface area (Å²) in [6.45, 7) is 10.3. The molecule has 1 saturated carbocycles. The topological polar surface area (TPSA) is 110 Å². The van der Waals surface area contributed by atoms with Gasteiger partial charge in [-0.25, -0.2) is 9.50 Å². The molecule has 2 fully saturated rings. The number of anilines is 1. The number of methoxy groups -OCH3 is 1. The van der Waals surface area contributed by atoms with Crippen LogP contribution in [0.4, 0.5) is 5.95 Å². The smallest absolute Gasteiger partial charge is 0.249 e. The molecule has 2 atom stereocenters. The maximum absolute atomic E-state index is 13.4. The summed E-state index contributed by atoms with van der Waals surface area (Å²) in [6, 6.07) is 2.25. The van der Waals surface area contributed by atoms with Crippen molar-refractivity contribution in [2.45, 2.75) is 83.4 Å². The molecule has 0 aromatic carbocycles. The highest BCUT2D eigenvalue weighted by molar-refractivity contribution is 5.85. The number of aromatic nitrogens is 5. The second-order valence-electron chi connectivity index (χ2n) is 11.7. The zero-order valence-corrected chi connectivity index (χ0v) is 23.2. The van der Waals surface area contributed by atoms with Crippen molar-refractivity contribution in [3.05, 3.63) is 30.4 Å². The lowest BCUT2D eigenvalue weighted by atomic mass is 9.85. The Morgan fingerprint density at radius 2 is 2.00 bits per heavy atom. The summed E-state index contributed by atoms with van der Waals surface area (Å²) in [4.78, 5) is 19.9. The highest BCUT2D eigenvalue weighted by atomic mass is 16.5. The minimum absolute atomic E-state index is 0.0670. The van der Waals surface area contributed by atoms with Gasteiger partial charge in [-0.15, -0.1) is 5.10 Å². The molecule has 0 bridgehead atoms. The van der Waals surface area contributed by atoms with Gasteiger partial charge in [0, 0.05) is 55.2 Å². The van der Waals surface area contributed by atoms with Gasteiger partial charge in [0.05, 0.1) is 30.6 Å². The van der Waals surface area contributed by atoms with Gasteiger partial charge < -0.3 is 20.1 Å². The van der Waals surface area contributed by atoms with Crippen molar-refractivity contribution in [1.29, 1.82) is 0 Å². The third-order valence-corrected chi connectivity index (χ3v) is 8.15. The monoisotopic (exact) mass is 523 g/mol. The van der Waals surface area contributed by atoms with E-state index in [1.807, 2.05) is 48.8 Å². The Bertz CT molecular complexity index is 1270. The van der Waals surface area contributed by atoms with Crippen molar-refractivity contribution in [3.8, 4) is 11.1 Å². The van der Waals surface area contributed by atoms with Crippen LogP contribution in [0.15, 0.2) is 24.7 Å². The Labute approximate surface area is 224 Å². The summed E-state index contributed by atoms with van der Waals surface area (Å²) in [7, 11) is 1.68. The number of carbonyl (C=O) groups excluding carboxylic acids is 1. The standard InChI is InChI=1S/C28H41N7O3/c1-18-10-11-33(15-18)26(37)28(3,4)34-16-21(13-30-34)23-12-24(20-6-8-22(36)9-7-20)35-25(23)14-29-27(32-35)31-19(2)17-38-5/h12-14,16,18-20,22,36H,6-11,15,17H2,1-5H3,(H,31,32)/t18-,19-,20?,22?/m0/s1. The molecule has 0 spiro atoms. The number of ether oxygens (including phenoxy) is 1. The number of fused-ring (bicyclic) bond motifs is 1. The fourth-order valence-corrected chi connectivity index (χ4v) is 5.86. The average molecular weight is 524 g/mol. The van der Waals surface area contributed by atoms with E-state index in [2.05, 4.69) is 28.4 Å². The van der Waals surface area contributed by atoms with Gasteiger partial charge in [-0.2, -0.15) is 5.10 Å². The number of nitrogens with zero attached hydrogens (tertiary/aromatic N) is 6. The van der Waals surface area contributed by atoms with Crippen molar-refractivity contribution in [2.75, 3.05) is 32.1 Å². The summed E-state index contributed by atoms with van der Waals surface area (Å²) in [6.07, 6.45) is 9.87. The van der Waals surface area contributed by atoms with Crippen LogP contribution >= 0.6 is 0 Å². The number of amides is 1. The normalized spacial score (nSPS) is 23.2. The molecule has 0 radical (unpaired) electrons. The van der Waals surface area contributed by atoms with Gasteiger partial charge in [-0.05, 0) is 64.9 Å². The van der Waals surface area contributed by atoms with Gasteiger partial charge in [-0.3, -0.25) is 9.48 Å². The summed E-state index contributed by atoms with van der Waals surface area (Å²) < 4.78 is 9.03. The van der Waals surface area contributed by atoms with Gasteiger partial charge in [0.2, 0.25) is 11.9 Å². The maximum Gasteiger partial charge on any atom is 0.249 e. The molecule has 1 amide bonds. The number of hydrogen-bond donors (Lipinski definition) is 2. The van der Waals surface area contributed by atoms with E-state index < -0.39 is 5.54 Å². The first-order chi connectivity index (χ1) is 18.2. The van der Waals surface area contributed by atoms with Crippen LogP contribution in [-0.4, -0.2) is 79.2 Å². The number of likely N-dealkylation sites (tertiary alicyclic amines) is 1. The van der Waals surface area contributed by atoms with Crippen LogP contribution in [0.2, 0.25) is 0 Å². The SMILES string of the molecule is COC[C@H](C)Nc1ncc2c(-c3cnn(C(C)(C)C(=O)N4CC[C@H](C)C4)c3)cc(C3CCC(O)CC3)n2n1. The van der Waals surface area contributed by atoms with Crippen LogP contribution in [0.3, 0.4) is 0 Å². The molecule has 1 aliphatic heterocycles. The third-order valence-electron chi connectivity index (χ3n) is 8.15. The Balaban J connectivity index is 1.49. The zero-order chi connectivity index (χ0) is 27.0. The molecule has 3 aromatic heterocycles. The van der Waals surface area contributed by atoms with Crippen LogP contribution < -0.4 is 5.32 Å². The van der Waals surface area contributed by atoms with E-state index in [-0.39, 0.29) is 18.1 Å². The molecule has 10 nitrogen and oxygen atoms in total. The predicted molar refractivity (Wildman–Crippen MR) is 146 cm³/mol. The van der Waals surface area contributed by atoms with E-state index in [4.69, 9.17) is 9.84 Å². The van der Waals surface area contributed by atoms with Crippen molar-refractivity contribution < 1.29 is 14.6 Å². The Morgan fingerprint density at radius 3 is 2.68 bits per heavy atom. The van der Waals surface area contributed by atoms with E-state index in [9.17, 15) is 9.90 Å². The second-order valence-corrected chi connectivity index (χ2v) is 11.7. The lowest BCUT2D eigenvalue weighted by Gasteiger charge is -2.29. The van der Waals surface area contributed by atoms with Crippen LogP contribution in [0.5, 0.6) is 0 Å². The summed E-state index contributed by atoms with van der Waals surface area (Å²) in [5.41, 5.74) is 3.14. The molecule has 206 valence electrons. The van der Waals surface area contributed by atoms with Gasteiger partial charge in [-0.1, -0.05) is 6.92 Å². The minimum atomic E-state index is -0.786. The molecular weight excluding hydrogens is 482 g/mol. The average Bonchev–Trinajstić information content (AvgIpc) is 3.63. The number of hydrogen-bond acceptors (Lipinski definition) is 7. The predicted octanol–water partition coefficient (Wildman–Crippen LogP) is 3.66. The van der Waals surface area contributed by atoms with Crippen LogP contribution in [0.25, 0.3) is 16.6 Å². The zero-order valence-electron chi connectivity index (χ0n) is 23.2. The Kier molecular flexibility index (Phi) is 7.46. The molecule has 5 rings (SSSR count). The molecule has 1 aliphatic carbocycles. The Hall–Kier alpha value is -2.98. The van der Waals surface area contributed by atoms with E-state index in [1.54, 1.807) is 11.8 Å². The molecule has 38 heavy (non-hydrogen) atoms. The quantitative estimate of drug-likeness (QED) is 0.464. The lowest BCUT2D eigenvalue weighted by molar-refractivity contribution is -0.138. The summed E-state index contributed by atoms with van der Waals surface area (Å²) in [5.74, 6) is 1.48. The first-order valence-electron chi connectivity index (χ1n) is 13.8. The molecule has 0 unspecified atom stereocenters. The van der Waals surface area contributed by atoms with Crippen LogP contribution in [-0.2, 0) is 15.1 Å². The maximum atomic E-state index is 13.4. The van der Waals surface area contributed by atoms with Gasteiger partial charge in [0.1, 0.15) is 5.54 Å². The van der Waals surface area contributed by atoms with Gasteiger partial charge in [0.25, 0.3) is 0 Å². The second kappa shape index (κ2) is 10.6. The van der Waals surface area contributed by atoms with Crippen molar-refractivity contribution in [2.24, 2.45) is 5.92 Å². The Morgan fingerprint density at radius 1 is 1.24 bits per heavy atom. The first kappa shape index (κ1) is 26.6. The number of carbonyl (C=O) groups is 1. The molecule has 2 aliphatic rings. The summed E-state index contributed by atoms with van der Waals surface area (Å²) in [5, 5.41) is 22.9. The fourth-order valence-electron chi connectivity index (χ4n) is 5.86. The molecule has 3 aromatic rings. The van der Waals surface area contributed by atoms with Crippen molar-refractivity contribution in [1.82, 2.24) is 29.3 Å². The lowest BCUT2D eigenvalue weighted by Crippen LogP contribution is -2.46.